The molecular weight excluding hydrogens is 451 g/mol. The molecule has 1 aromatic heterocycles. The van der Waals surface area contributed by atoms with E-state index in [2.05, 4.69) is 67.4 Å². The van der Waals surface area contributed by atoms with E-state index in [0.29, 0.717) is 5.02 Å². The van der Waals surface area contributed by atoms with Crippen molar-refractivity contribution in [3.05, 3.63) is 79.5 Å². The first-order chi connectivity index (χ1) is 11.5. The summed E-state index contributed by atoms with van der Waals surface area (Å²) in [7, 11) is 0. The monoisotopic (exact) mass is 464 g/mol. The summed E-state index contributed by atoms with van der Waals surface area (Å²) in [5.41, 5.74) is 5.31. The van der Waals surface area contributed by atoms with Gasteiger partial charge in [-0.2, -0.15) is 0 Å². The van der Waals surface area contributed by atoms with Gasteiger partial charge in [-0.15, -0.1) is 0 Å². The third-order valence-electron chi connectivity index (χ3n) is 3.88. The Balaban J connectivity index is 2.03. The molecule has 2 nitrogen and oxygen atoms in total. The molecule has 1 heterocycles. The largest absolute Gasteiger partial charge is 0.317 e. The highest BCUT2D eigenvalue weighted by Crippen LogP contribution is 2.31. The molecule has 0 saturated carbocycles. The van der Waals surface area contributed by atoms with E-state index < -0.39 is 0 Å². The molecule has 0 aliphatic heterocycles. The Hall–Kier alpha value is -1.36. The molecule has 0 unspecified atom stereocenters. The lowest BCUT2D eigenvalue weighted by Crippen LogP contribution is -1.99. The highest BCUT2D eigenvalue weighted by atomic mass is 79.9. The van der Waals surface area contributed by atoms with Crippen molar-refractivity contribution in [1.82, 2.24) is 4.57 Å². The van der Waals surface area contributed by atoms with Gasteiger partial charge in [0.1, 0.15) is 0 Å². The predicted octanol–water partition coefficient (Wildman–Crippen LogP) is 7.02. The maximum atomic E-state index is 6.13. The van der Waals surface area contributed by atoms with E-state index in [1.165, 1.54) is 0 Å². The highest BCUT2D eigenvalue weighted by Gasteiger charge is 2.15. The molecule has 0 aliphatic rings. The smallest absolute Gasteiger partial charge is 0.0645 e. The molecule has 0 amide bonds. The van der Waals surface area contributed by atoms with Crippen LogP contribution in [0.25, 0.3) is 5.69 Å². The van der Waals surface area contributed by atoms with Crippen molar-refractivity contribution in [3.63, 3.8) is 0 Å². The number of benzene rings is 2. The fourth-order valence-electron chi connectivity index (χ4n) is 2.64. The van der Waals surface area contributed by atoms with Crippen LogP contribution >= 0.6 is 43.5 Å². The van der Waals surface area contributed by atoms with Crippen LogP contribution in [0.4, 0.5) is 5.69 Å². The molecule has 2 aromatic carbocycles. The Morgan fingerprint density at radius 2 is 1.71 bits per heavy atom. The van der Waals surface area contributed by atoms with E-state index in [-0.39, 0.29) is 0 Å². The number of hydrogen-bond acceptors (Lipinski definition) is 1. The van der Waals surface area contributed by atoms with E-state index in [9.17, 15) is 0 Å². The summed E-state index contributed by atoms with van der Waals surface area (Å²) in [6.45, 7) is 4.19. The summed E-state index contributed by atoms with van der Waals surface area (Å²) in [5, 5.41) is 0.651. The average Bonchev–Trinajstić information content (AvgIpc) is 2.79. The Labute approximate surface area is 163 Å². The van der Waals surface area contributed by atoms with E-state index in [4.69, 9.17) is 11.6 Å². The van der Waals surface area contributed by atoms with Gasteiger partial charge < -0.3 is 4.57 Å². The number of rotatable bonds is 3. The van der Waals surface area contributed by atoms with Gasteiger partial charge in [0.25, 0.3) is 0 Å². The number of aromatic nitrogens is 1. The van der Waals surface area contributed by atoms with Crippen LogP contribution in [0, 0.1) is 13.8 Å². The molecule has 24 heavy (non-hydrogen) atoms. The van der Waals surface area contributed by atoms with Gasteiger partial charge in [-0.25, -0.2) is 0 Å². The van der Waals surface area contributed by atoms with Gasteiger partial charge in [0.2, 0.25) is 0 Å². The number of nitrogens with zero attached hydrogens (tertiary/aromatic N) is 2. The minimum absolute atomic E-state index is 0.651. The lowest BCUT2D eigenvalue weighted by atomic mass is 10.2. The first kappa shape index (κ1) is 17.5. The van der Waals surface area contributed by atoms with E-state index in [0.717, 1.165) is 37.3 Å². The zero-order valence-corrected chi connectivity index (χ0v) is 17.2. The lowest BCUT2D eigenvalue weighted by molar-refractivity contribution is 0.962. The van der Waals surface area contributed by atoms with Crippen molar-refractivity contribution in [1.29, 1.82) is 0 Å². The number of halogens is 3. The summed E-state index contributed by atoms with van der Waals surface area (Å²) in [5.74, 6) is 0. The fraction of sp³-hybridized carbons (Fsp3) is 0.105. The van der Waals surface area contributed by atoms with Gasteiger partial charge >= 0.3 is 0 Å². The molecule has 3 aromatic rings. The molecule has 0 bridgehead atoms. The fourth-order valence-corrected chi connectivity index (χ4v) is 3.63. The van der Waals surface area contributed by atoms with Crippen LogP contribution < -0.4 is 0 Å². The van der Waals surface area contributed by atoms with Crippen LogP contribution in [-0.4, -0.2) is 10.8 Å². The minimum atomic E-state index is 0.651. The van der Waals surface area contributed by atoms with Crippen molar-refractivity contribution in [3.8, 4) is 5.69 Å². The van der Waals surface area contributed by atoms with Crippen LogP contribution in [0.15, 0.2) is 62.5 Å². The van der Waals surface area contributed by atoms with Crippen LogP contribution in [0.5, 0.6) is 0 Å². The Morgan fingerprint density at radius 3 is 2.38 bits per heavy atom. The van der Waals surface area contributed by atoms with E-state index >= 15 is 0 Å². The van der Waals surface area contributed by atoms with Gasteiger partial charge in [-0.05, 0) is 76.0 Å². The second-order valence-electron chi connectivity index (χ2n) is 5.43. The summed E-state index contributed by atoms with van der Waals surface area (Å²) in [4.78, 5) is 4.57. The molecule has 0 N–H and O–H groups in total. The highest BCUT2D eigenvalue weighted by molar-refractivity contribution is 9.10. The molecule has 0 fully saturated rings. The third-order valence-corrected chi connectivity index (χ3v) is 6.11. The molecule has 0 aliphatic carbocycles. The Bertz CT molecular complexity index is 915. The number of hydrogen-bond donors (Lipinski definition) is 0. The first-order valence-electron chi connectivity index (χ1n) is 7.41. The van der Waals surface area contributed by atoms with Crippen LogP contribution in [-0.2, 0) is 0 Å². The van der Waals surface area contributed by atoms with Gasteiger partial charge in [-0.1, -0.05) is 29.8 Å². The van der Waals surface area contributed by atoms with Gasteiger partial charge in [0, 0.05) is 37.8 Å². The maximum Gasteiger partial charge on any atom is 0.0645 e. The zero-order chi connectivity index (χ0) is 17.3. The average molecular weight is 467 g/mol. The molecular formula is C19H15Br2ClN2. The zero-order valence-electron chi connectivity index (χ0n) is 13.2. The first-order valence-corrected chi connectivity index (χ1v) is 9.37. The van der Waals surface area contributed by atoms with Crippen molar-refractivity contribution in [2.75, 3.05) is 0 Å². The lowest BCUT2D eigenvalue weighted by Gasteiger charge is -2.08. The normalized spacial score (nSPS) is 11.4. The topological polar surface area (TPSA) is 17.3 Å². The number of aliphatic imine (C=N–C) groups is 1. The van der Waals surface area contributed by atoms with Gasteiger partial charge in [0.15, 0.2) is 0 Å². The summed E-state index contributed by atoms with van der Waals surface area (Å²) < 4.78 is 4.14. The van der Waals surface area contributed by atoms with Gasteiger partial charge in [0.05, 0.1) is 10.7 Å². The molecule has 3 rings (SSSR count). The van der Waals surface area contributed by atoms with Crippen LogP contribution in [0.3, 0.4) is 0 Å². The Kier molecular flexibility index (Phi) is 5.28. The minimum Gasteiger partial charge on any atom is -0.317 e. The van der Waals surface area contributed by atoms with Crippen molar-refractivity contribution < 1.29 is 0 Å². The second-order valence-corrected chi connectivity index (χ2v) is 7.48. The Morgan fingerprint density at radius 1 is 1.00 bits per heavy atom. The summed E-state index contributed by atoms with van der Waals surface area (Å²) in [6, 6.07) is 16.0. The van der Waals surface area contributed by atoms with Crippen LogP contribution in [0.1, 0.15) is 17.0 Å². The van der Waals surface area contributed by atoms with E-state index in [1.54, 1.807) is 0 Å². The molecule has 0 spiro atoms. The molecule has 0 atom stereocenters. The van der Waals surface area contributed by atoms with Gasteiger partial charge in [-0.3, -0.25) is 4.99 Å². The summed E-state index contributed by atoms with van der Waals surface area (Å²) >= 11 is 13.2. The summed E-state index contributed by atoms with van der Waals surface area (Å²) in [6.07, 6.45) is 1.88. The maximum absolute atomic E-state index is 6.13. The van der Waals surface area contributed by atoms with E-state index in [1.807, 2.05) is 42.6 Å². The number of para-hydroxylation sites is 1. The van der Waals surface area contributed by atoms with Crippen LogP contribution in [0.2, 0.25) is 5.02 Å². The molecule has 0 radical (unpaired) electrons. The third kappa shape index (κ3) is 3.37. The molecule has 122 valence electrons. The van der Waals surface area contributed by atoms with Crippen molar-refractivity contribution >= 4 is 55.4 Å². The standard InChI is InChI=1S/C19H15Br2ClN2/c1-12-16(11-23-14-8-9-17(20)18(22)10-14)19(21)13(2)24(12)15-6-4-3-5-7-15/h3-11H,1-2H3. The van der Waals surface area contributed by atoms with Crippen molar-refractivity contribution in [2.24, 2.45) is 4.99 Å². The quantitative estimate of drug-likeness (QED) is 0.369. The molecule has 0 saturated heterocycles. The SMILES string of the molecule is Cc1c(Br)c(C=Nc2ccc(Br)c(Cl)c2)c(C)n1-c1ccccc1. The van der Waals surface area contributed by atoms with Crippen molar-refractivity contribution in [2.45, 2.75) is 13.8 Å². The molecule has 5 heteroatoms. The second kappa shape index (κ2) is 7.26. The predicted molar refractivity (Wildman–Crippen MR) is 109 cm³/mol.